The van der Waals surface area contributed by atoms with Crippen molar-refractivity contribution in [1.29, 1.82) is 0 Å². The minimum absolute atomic E-state index is 0.0461. The number of non-ortho nitro benzene ring substituents is 1. The van der Waals surface area contributed by atoms with Crippen LogP contribution in [-0.2, 0) is 15.8 Å². The molecule has 0 aliphatic carbocycles. The number of benzene rings is 3. The van der Waals surface area contributed by atoms with E-state index in [0.717, 1.165) is 29.8 Å². The van der Waals surface area contributed by atoms with Gasteiger partial charge in [0.15, 0.2) is 5.78 Å². The molecule has 0 spiro atoms. The maximum Gasteiger partial charge on any atom is 0.418 e. The zero-order valence-electron chi connectivity index (χ0n) is 19.9. The van der Waals surface area contributed by atoms with Gasteiger partial charge in [-0.1, -0.05) is 48.5 Å². The number of hydrogen-bond acceptors (Lipinski definition) is 6. The predicted octanol–water partition coefficient (Wildman–Crippen LogP) is 5.01. The SMILES string of the molecule is O=C(c1cccc([N+](=O)[O-])c1)C1C2C(=O)N(c3ccccc3C(F)(F)F)C(=O)C2C2c3ccccc3C=CN12. The van der Waals surface area contributed by atoms with Crippen LogP contribution in [-0.4, -0.2) is 33.5 Å². The molecule has 3 aliphatic rings. The molecule has 4 unspecified atom stereocenters. The van der Waals surface area contributed by atoms with Gasteiger partial charge in [-0.05, 0) is 29.3 Å². The summed E-state index contributed by atoms with van der Waals surface area (Å²) < 4.78 is 41.6. The molecule has 3 aromatic carbocycles. The van der Waals surface area contributed by atoms with Crippen molar-refractivity contribution in [1.82, 2.24) is 4.90 Å². The smallest absolute Gasteiger partial charge is 0.358 e. The average molecular weight is 533 g/mol. The fourth-order valence-electron chi connectivity index (χ4n) is 5.95. The molecular formula is C28H18F3N3O5. The van der Waals surface area contributed by atoms with Crippen LogP contribution in [0.5, 0.6) is 0 Å². The molecule has 2 amide bonds. The number of halogens is 3. The number of carbonyl (C=O) groups is 3. The molecule has 3 heterocycles. The first-order chi connectivity index (χ1) is 18.6. The summed E-state index contributed by atoms with van der Waals surface area (Å²) in [5.74, 6) is -4.88. The van der Waals surface area contributed by atoms with Crippen molar-refractivity contribution < 1.29 is 32.5 Å². The molecule has 0 aromatic heterocycles. The highest BCUT2D eigenvalue weighted by Gasteiger charge is 2.65. The summed E-state index contributed by atoms with van der Waals surface area (Å²) in [6.45, 7) is 0. The Labute approximate surface area is 219 Å². The van der Waals surface area contributed by atoms with Crippen LogP contribution >= 0.6 is 0 Å². The third kappa shape index (κ3) is 3.64. The van der Waals surface area contributed by atoms with E-state index in [2.05, 4.69) is 0 Å². The summed E-state index contributed by atoms with van der Waals surface area (Å²) in [6.07, 6.45) is -1.51. The molecule has 0 saturated carbocycles. The van der Waals surface area contributed by atoms with Crippen molar-refractivity contribution in [3.63, 3.8) is 0 Å². The van der Waals surface area contributed by atoms with Gasteiger partial charge in [0.25, 0.3) is 5.69 Å². The number of nitro benzene ring substituents is 1. The zero-order valence-corrected chi connectivity index (χ0v) is 19.9. The molecule has 6 rings (SSSR count). The second-order valence-electron chi connectivity index (χ2n) is 9.53. The van der Waals surface area contributed by atoms with Gasteiger partial charge in [-0.2, -0.15) is 13.2 Å². The van der Waals surface area contributed by atoms with Crippen LogP contribution in [0.3, 0.4) is 0 Å². The number of ketones is 1. The Kier molecular flexibility index (Phi) is 5.42. The summed E-state index contributed by atoms with van der Waals surface area (Å²) in [5.41, 5.74) is -0.723. The molecule has 0 N–H and O–H groups in total. The highest BCUT2D eigenvalue weighted by molar-refractivity contribution is 6.25. The summed E-state index contributed by atoms with van der Waals surface area (Å²) in [6, 6.07) is 14.3. The number of Topliss-reactive ketones (excluding diaryl/α,β-unsaturated/α-hetero) is 1. The topological polar surface area (TPSA) is 101 Å². The van der Waals surface area contributed by atoms with Gasteiger partial charge in [0.1, 0.15) is 6.04 Å². The molecule has 2 saturated heterocycles. The number of amides is 2. The van der Waals surface area contributed by atoms with Crippen LogP contribution in [0.4, 0.5) is 24.5 Å². The standard InChI is InChI=1S/C28H18F3N3O5/c29-28(30,31)19-10-3-4-11-20(19)33-26(36)21-22(27(33)37)24(25(35)16-7-5-8-17(14-16)34(38)39)32-13-12-15-6-1-2-9-18(15)23(21)32/h1-14,21-24H. The molecule has 8 nitrogen and oxygen atoms in total. The molecule has 11 heteroatoms. The second-order valence-corrected chi connectivity index (χ2v) is 9.53. The number of alkyl halides is 3. The quantitative estimate of drug-likeness (QED) is 0.202. The lowest BCUT2D eigenvalue weighted by Crippen LogP contribution is -2.44. The van der Waals surface area contributed by atoms with Gasteiger partial charge in [-0.15, -0.1) is 0 Å². The zero-order chi connectivity index (χ0) is 27.6. The number of anilines is 1. The van der Waals surface area contributed by atoms with Gasteiger partial charge in [-0.25, -0.2) is 4.90 Å². The highest BCUT2D eigenvalue weighted by atomic mass is 19.4. The highest BCUT2D eigenvalue weighted by Crippen LogP contribution is 2.54. The Morgan fingerprint density at radius 3 is 2.33 bits per heavy atom. The molecule has 39 heavy (non-hydrogen) atoms. The lowest BCUT2D eigenvalue weighted by molar-refractivity contribution is -0.384. The van der Waals surface area contributed by atoms with E-state index in [4.69, 9.17) is 0 Å². The summed E-state index contributed by atoms with van der Waals surface area (Å²) in [4.78, 5) is 54.4. The largest absolute Gasteiger partial charge is 0.418 e. The number of hydrogen-bond donors (Lipinski definition) is 0. The van der Waals surface area contributed by atoms with E-state index in [1.54, 1.807) is 41.4 Å². The Hall–Kier alpha value is -4.80. The third-order valence-electron chi connectivity index (χ3n) is 7.52. The summed E-state index contributed by atoms with van der Waals surface area (Å²) >= 11 is 0. The first-order valence-electron chi connectivity index (χ1n) is 12.0. The molecule has 3 aliphatic heterocycles. The molecule has 3 aromatic rings. The Morgan fingerprint density at radius 1 is 0.897 bits per heavy atom. The Balaban J connectivity index is 1.51. The number of carbonyl (C=O) groups excluding carboxylic acids is 3. The number of rotatable bonds is 4. The van der Waals surface area contributed by atoms with Gasteiger partial charge in [0, 0.05) is 23.9 Å². The van der Waals surface area contributed by atoms with E-state index in [-0.39, 0.29) is 11.3 Å². The van der Waals surface area contributed by atoms with Crippen LogP contribution in [0.1, 0.15) is 33.1 Å². The first kappa shape index (κ1) is 24.5. The van der Waals surface area contributed by atoms with E-state index in [9.17, 15) is 37.7 Å². The predicted molar refractivity (Wildman–Crippen MR) is 132 cm³/mol. The van der Waals surface area contributed by atoms with Crippen molar-refractivity contribution in [3.05, 3.63) is 111 Å². The normalized spacial score (nSPS) is 23.5. The van der Waals surface area contributed by atoms with Crippen LogP contribution in [0, 0.1) is 22.0 Å². The van der Waals surface area contributed by atoms with E-state index >= 15 is 0 Å². The third-order valence-corrected chi connectivity index (χ3v) is 7.52. The second kappa shape index (κ2) is 8.62. The molecular weight excluding hydrogens is 515 g/mol. The summed E-state index contributed by atoms with van der Waals surface area (Å²) in [7, 11) is 0. The van der Waals surface area contributed by atoms with Crippen LogP contribution in [0.15, 0.2) is 79.0 Å². The minimum Gasteiger partial charge on any atom is -0.358 e. The maximum atomic E-state index is 13.9. The van der Waals surface area contributed by atoms with Gasteiger partial charge >= 0.3 is 6.18 Å². The lowest BCUT2D eigenvalue weighted by atomic mass is 9.83. The van der Waals surface area contributed by atoms with Gasteiger partial charge in [0.05, 0.1) is 34.1 Å². The van der Waals surface area contributed by atoms with Crippen molar-refractivity contribution in [2.45, 2.75) is 18.3 Å². The molecule has 0 bridgehead atoms. The number of para-hydroxylation sites is 1. The van der Waals surface area contributed by atoms with E-state index in [1.807, 2.05) is 0 Å². The molecule has 0 radical (unpaired) electrons. The van der Waals surface area contributed by atoms with Crippen LogP contribution < -0.4 is 4.90 Å². The molecule has 4 atom stereocenters. The number of nitro groups is 1. The van der Waals surface area contributed by atoms with Crippen molar-refractivity contribution >= 4 is 35.0 Å². The van der Waals surface area contributed by atoms with Crippen LogP contribution in [0.2, 0.25) is 0 Å². The van der Waals surface area contributed by atoms with Gasteiger partial charge in [0.2, 0.25) is 11.8 Å². The Morgan fingerprint density at radius 2 is 1.59 bits per heavy atom. The average Bonchev–Trinajstić information content (AvgIpc) is 3.40. The fraction of sp³-hybridized carbons (Fsp3) is 0.179. The van der Waals surface area contributed by atoms with E-state index in [0.29, 0.717) is 10.5 Å². The lowest BCUT2D eigenvalue weighted by Gasteiger charge is -2.35. The molecule has 196 valence electrons. The Bertz CT molecular complexity index is 1600. The summed E-state index contributed by atoms with van der Waals surface area (Å²) in [5, 5.41) is 11.3. The fourth-order valence-corrected chi connectivity index (χ4v) is 5.95. The molecule has 2 fully saturated rings. The minimum atomic E-state index is -4.83. The van der Waals surface area contributed by atoms with Gasteiger partial charge in [-0.3, -0.25) is 24.5 Å². The number of nitrogens with zero attached hydrogens (tertiary/aromatic N) is 3. The van der Waals surface area contributed by atoms with Crippen molar-refractivity contribution in [2.75, 3.05) is 4.90 Å². The number of fused-ring (bicyclic) bond motifs is 5. The van der Waals surface area contributed by atoms with Crippen molar-refractivity contribution in [2.24, 2.45) is 11.8 Å². The number of imide groups is 1. The first-order valence-corrected chi connectivity index (χ1v) is 12.0. The van der Waals surface area contributed by atoms with E-state index < -0.39 is 63.9 Å². The monoisotopic (exact) mass is 533 g/mol. The van der Waals surface area contributed by atoms with Crippen LogP contribution in [0.25, 0.3) is 6.08 Å². The van der Waals surface area contributed by atoms with Crippen molar-refractivity contribution in [3.8, 4) is 0 Å². The van der Waals surface area contributed by atoms with Gasteiger partial charge < -0.3 is 4.90 Å². The maximum absolute atomic E-state index is 13.9. The van der Waals surface area contributed by atoms with E-state index in [1.165, 1.54) is 24.3 Å².